The van der Waals surface area contributed by atoms with E-state index in [9.17, 15) is 4.79 Å². The Labute approximate surface area is 115 Å². The molecule has 1 aromatic rings. The van der Waals surface area contributed by atoms with Crippen molar-refractivity contribution in [2.45, 2.75) is 24.8 Å². The van der Waals surface area contributed by atoms with Gasteiger partial charge >= 0.3 is 0 Å². The van der Waals surface area contributed by atoms with Crippen LogP contribution in [-0.2, 0) is 0 Å². The molecule has 0 aliphatic rings. The van der Waals surface area contributed by atoms with Gasteiger partial charge in [-0.1, -0.05) is 6.92 Å². The molecule has 2 N–H and O–H groups in total. The molecule has 1 aromatic carbocycles. The summed E-state index contributed by atoms with van der Waals surface area (Å²) in [5.41, 5.74) is 0.550. The van der Waals surface area contributed by atoms with Crippen LogP contribution in [0.25, 0.3) is 0 Å². The number of benzene rings is 1. The minimum Gasteiger partial charge on any atom is -0.396 e. The Hall–Kier alpha value is -0.520. The molecule has 1 rings (SSSR count). The Morgan fingerprint density at radius 2 is 2.18 bits per heavy atom. The highest BCUT2D eigenvalue weighted by molar-refractivity contribution is 9.10. The van der Waals surface area contributed by atoms with E-state index in [1.54, 1.807) is 12.1 Å². The topological polar surface area (TPSA) is 49.3 Å². The van der Waals surface area contributed by atoms with E-state index in [1.807, 2.05) is 19.9 Å². The third-order valence-corrected chi connectivity index (χ3v) is 3.66. The molecule has 2 atom stereocenters. The first-order chi connectivity index (χ1) is 7.95. The van der Waals surface area contributed by atoms with Gasteiger partial charge in [-0.3, -0.25) is 4.79 Å². The number of thiol groups is 1. The number of nitrogens with one attached hydrogen (secondary N) is 1. The van der Waals surface area contributed by atoms with Gasteiger partial charge in [0.1, 0.15) is 0 Å². The zero-order chi connectivity index (χ0) is 13.0. The molecule has 0 heterocycles. The van der Waals surface area contributed by atoms with Crippen molar-refractivity contribution < 1.29 is 9.90 Å². The number of rotatable bonds is 4. The molecule has 0 aliphatic carbocycles. The second kappa shape index (κ2) is 6.42. The van der Waals surface area contributed by atoms with Gasteiger partial charge in [0.05, 0.1) is 5.56 Å². The SMILES string of the molecule is CC(CO)C(C)NC(=O)c1cc(S)ccc1Br. The Morgan fingerprint density at radius 3 is 2.76 bits per heavy atom. The summed E-state index contributed by atoms with van der Waals surface area (Å²) in [6, 6.07) is 5.22. The van der Waals surface area contributed by atoms with Gasteiger partial charge in [-0.25, -0.2) is 0 Å². The fourth-order valence-corrected chi connectivity index (χ4v) is 1.90. The van der Waals surface area contributed by atoms with Gasteiger partial charge in [-0.2, -0.15) is 0 Å². The fraction of sp³-hybridized carbons (Fsp3) is 0.417. The first-order valence-corrected chi connectivity index (χ1v) is 6.60. The summed E-state index contributed by atoms with van der Waals surface area (Å²) in [6.07, 6.45) is 0. The Kier molecular flexibility index (Phi) is 5.49. The van der Waals surface area contributed by atoms with Gasteiger partial charge in [0, 0.05) is 22.0 Å². The molecule has 0 fully saturated rings. The number of halogens is 1. The van der Waals surface area contributed by atoms with Gasteiger partial charge in [0.25, 0.3) is 5.91 Å². The second-order valence-electron chi connectivity index (χ2n) is 4.09. The maximum absolute atomic E-state index is 12.0. The van der Waals surface area contributed by atoms with Crippen molar-refractivity contribution in [3.63, 3.8) is 0 Å². The first-order valence-electron chi connectivity index (χ1n) is 5.36. The number of hydrogen-bond donors (Lipinski definition) is 3. The molecule has 94 valence electrons. The summed E-state index contributed by atoms with van der Waals surface area (Å²) in [5.74, 6) is -0.141. The van der Waals surface area contributed by atoms with E-state index in [2.05, 4.69) is 33.9 Å². The molecule has 0 saturated heterocycles. The van der Waals surface area contributed by atoms with Gasteiger partial charge < -0.3 is 10.4 Å². The number of carbonyl (C=O) groups is 1. The maximum Gasteiger partial charge on any atom is 0.252 e. The van der Waals surface area contributed by atoms with Gasteiger partial charge in [-0.15, -0.1) is 12.6 Å². The molecular weight excluding hydrogens is 302 g/mol. The molecule has 3 nitrogen and oxygen atoms in total. The van der Waals surface area contributed by atoms with Crippen LogP contribution in [0.5, 0.6) is 0 Å². The molecule has 0 radical (unpaired) electrons. The summed E-state index contributed by atoms with van der Waals surface area (Å²) in [6.45, 7) is 3.81. The molecule has 0 aliphatic heterocycles. The summed E-state index contributed by atoms with van der Waals surface area (Å²) >= 11 is 7.54. The average molecular weight is 318 g/mol. The summed E-state index contributed by atoms with van der Waals surface area (Å²) in [7, 11) is 0. The fourth-order valence-electron chi connectivity index (χ4n) is 1.27. The van der Waals surface area contributed by atoms with Crippen molar-refractivity contribution in [1.29, 1.82) is 0 Å². The van der Waals surface area contributed by atoms with E-state index >= 15 is 0 Å². The predicted octanol–water partition coefficient (Wildman–Crippen LogP) is 2.48. The Bertz CT molecular complexity index is 411. The number of aliphatic hydroxyl groups is 1. The maximum atomic E-state index is 12.0. The predicted molar refractivity (Wildman–Crippen MR) is 74.6 cm³/mol. The molecule has 17 heavy (non-hydrogen) atoms. The lowest BCUT2D eigenvalue weighted by Gasteiger charge is -2.19. The van der Waals surface area contributed by atoms with Crippen LogP contribution in [-0.4, -0.2) is 23.7 Å². The van der Waals surface area contributed by atoms with Gasteiger partial charge in [-0.05, 0) is 47.0 Å². The lowest BCUT2D eigenvalue weighted by molar-refractivity contribution is 0.0915. The normalized spacial score (nSPS) is 14.2. The summed E-state index contributed by atoms with van der Waals surface area (Å²) in [5, 5.41) is 11.9. The number of hydrogen-bond acceptors (Lipinski definition) is 3. The minimum absolute atomic E-state index is 0.0249. The van der Waals surface area contributed by atoms with Crippen molar-refractivity contribution in [3.8, 4) is 0 Å². The number of aliphatic hydroxyl groups excluding tert-OH is 1. The lowest BCUT2D eigenvalue weighted by atomic mass is 10.0. The van der Waals surface area contributed by atoms with E-state index in [1.165, 1.54) is 0 Å². The Balaban J connectivity index is 2.79. The van der Waals surface area contributed by atoms with Crippen LogP contribution in [0.2, 0.25) is 0 Å². The zero-order valence-corrected chi connectivity index (χ0v) is 12.3. The van der Waals surface area contributed by atoms with Crippen LogP contribution in [0.4, 0.5) is 0 Å². The monoisotopic (exact) mass is 317 g/mol. The van der Waals surface area contributed by atoms with Crippen molar-refractivity contribution >= 4 is 34.5 Å². The van der Waals surface area contributed by atoms with Gasteiger partial charge in [0.2, 0.25) is 0 Å². The first kappa shape index (κ1) is 14.5. The Morgan fingerprint density at radius 1 is 1.53 bits per heavy atom. The van der Waals surface area contributed by atoms with Crippen molar-refractivity contribution in [2.24, 2.45) is 5.92 Å². The number of carbonyl (C=O) groups excluding carboxylic acids is 1. The molecule has 0 bridgehead atoms. The van der Waals surface area contributed by atoms with Crippen LogP contribution in [0.3, 0.4) is 0 Å². The third-order valence-electron chi connectivity index (χ3n) is 2.69. The number of amides is 1. The molecular formula is C12H16BrNO2S. The summed E-state index contributed by atoms with van der Waals surface area (Å²) in [4.78, 5) is 12.7. The van der Waals surface area contributed by atoms with Crippen LogP contribution < -0.4 is 5.32 Å². The van der Waals surface area contributed by atoms with E-state index in [4.69, 9.17) is 5.11 Å². The van der Waals surface area contributed by atoms with Crippen LogP contribution >= 0.6 is 28.6 Å². The van der Waals surface area contributed by atoms with Crippen LogP contribution in [0.15, 0.2) is 27.6 Å². The summed E-state index contributed by atoms with van der Waals surface area (Å²) < 4.78 is 0.733. The largest absolute Gasteiger partial charge is 0.396 e. The van der Waals surface area contributed by atoms with Crippen LogP contribution in [0.1, 0.15) is 24.2 Å². The highest BCUT2D eigenvalue weighted by atomic mass is 79.9. The van der Waals surface area contributed by atoms with E-state index < -0.39 is 0 Å². The quantitative estimate of drug-likeness (QED) is 0.747. The van der Waals surface area contributed by atoms with E-state index in [0.717, 1.165) is 9.37 Å². The molecule has 5 heteroatoms. The van der Waals surface area contributed by atoms with Crippen molar-refractivity contribution in [2.75, 3.05) is 6.61 Å². The van der Waals surface area contributed by atoms with Crippen LogP contribution in [0, 0.1) is 5.92 Å². The molecule has 0 saturated carbocycles. The average Bonchev–Trinajstić information content (AvgIpc) is 2.30. The molecule has 2 unspecified atom stereocenters. The second-order valence-corrected chi connectivity index (χ2v) is 5.46. The van der Waals surface area contributed by atoms with E-state index in [0.29, 0.717) is 5.56 Å². The van der Waals surface area contributed by atoms with Gasteiger partial charge in [0.15, 0.2) is 0 Å². The lowest BCUT2D eigenvalue weighted by Crippen LogP contribution is -2.38. The highest BCUT2D eigenvalue weighted by Crippen LogP contribution is 2.20. The third kappa shape index (κ3) is 4.01. The smallest absolute Gasteiger partial charge is 0.252 e. The zero-order valence-electron chi connectivity index (χ0n) is 9.77. The standard InChI is InChI=1S/C12H16BrNO2S/c1-7(6-15)8(2)14-12(16)10-5-9(17)3-4-11(10)13/h3-5,7-8,15,17H,6H2,1-2H3,(H,14,16). The highest BCUT2D eigenvalue weighted by Gasteiger charge is 2.16. The van der Waals surface area contributed by atoms with Crippen molar-refractivity contribution in [3.05, 3.63) is 28.2 Å². The van der Waals surface area contributed by atoms with E-state index in [-0.39, 0.29) is 24.5 Å². The minimum atomic E-state index is -0.166. The van der Waals surface area contributed by atoms with Crippen molar-refractivity contribution in [1.82, 2.24) is 5.32 Å². The molecule has 1 amide bonds. The molecule has 0 aromatic heterocycles. The molecule has 0 spiro atoms.